The maximum atomic E-state index is 13.3. The monoisotopic (exact) mass is 511 g/mol. The summed E-state index contributed by atoms with van der Waals surface area (Å²) >= 11 is 1.39. The van der Waals surface area contributed by atoms with Crippen molar-refractivity contribution in [3.63, 3.8) is 0 Å². The fourth-order valence-electron chi connectivity index (χ4n) is 3.79. The number of amides is 1. The van der Waals surface area contributed by atoms with Crippen molar-refractivity contribution in [2.45, 2.75) is 33.3 Å². The first-order chi connectivity index (χ1) is 18.0. The highest BCUT2D eigenvalue weighted by Gasteiger charge is 2.33. The first kappa shape index (κ1) is 26.1. The number of ether oxygens (including phenoxy) is 2. The number of rotatable bonds is 9. The Morgan fingerprint density at radius 3 is 2.59 bits per heavy atom. The van der Waals surface area contributed by atoms with E-state index in [-0.39, 0.29) is 12.5 Å². The van der Waals surface area contributed by atoms with Crippen LogP contribution in [-0.4, -0.2) is 29.6 Å². The first-order valence-corrected chi connectivity index (χ1v) is 13.0. The molecule has 0 spiro atoms. The number of nitriles is 1. The van der Waals surface area contributed by atoms with Gasteiger partial charge in [-0.3, -0.25) is 9.69 Å². The van der Waals surface area contributed by atoms with Crippen molar-refractivity contribution < 1.29 is 14.3 Å². The van der Waals surface area contributed by atoms with Crippen LogP contribution in [0.4, 0.5) is 5.69 Å². The van der Waals surface area contributed by atoms with Gasteiger partial charge in [0, 0.05) is 12.1 Å². The summed E-state index contributed by atoms with van der Waals surface area (Å²) in [6, 6.07) is 23.0. The molecule has 0 N–H and O–H groups in total. The molecule has 37 heavy (non-hydrogen) atoms. The molecule has 0 atom stereocenters. The maximum Gasteiger partial charge on any atom is 0.266 e. The number of amidine groups is 1. The van der Waals surface area contributed by atoms with Gasteiger partial charge in [-0.15, -0.1) is 0 Å². The fraction of sp³-hybridized carbons (Fsp3) is 0.233. The standard InChI is InChI=1S/C30H29N3O3S/c1-4-5-16-33-29(34)28(37-30(33)32-25-13-10-21(2)11-14-25)18-22-12-15-26(27(17-22)35-3)36-20-24-9-7-6-8-23(24)19-31/h6-15,17-18H,4-5,16,20H2,1-3H3/b28-18+,32-30?. The van der Waals surface area contributed by atoms with Crippen LogP contribution in [0, 0.1) is 18.3 Å². The molecular formula is C30H29N3O3S. The van der Waals surface area contributed by atoms with E-state index in [2.05, 4.69) is 13.0 Å². The third-order valence-corrected chi connectivity index (χ3v) is 6.90. The van der Waals surface area contributed by atoms with Crippen LogP contribution in [0.15, 0.2) is 76.6 Å². The third kappa shape index (κ3) is 6.41. The molecule has 1 amide bonds. The molecule has 0 saturated carbocycles. The van der Waals surface area contributed by atoms with Crippen LogP contribution < -0.4 is 9.47 Å². The maximum absolute atomic E-state index is 13.3. The quantitative estimate of drug-likeness (QED) is 0.293. The average Bonchev–Trinajstić information content (AvgIpc) is 3.21. The second kappa shape index (κ2) is 12.3. The fourth-order valence-corrected chi connectivity index (χ4v) is 4.81. The lowest BCUT2D eigenvalue weighted by molar-refractivity contribution is -0.122. The Morgan fingerprint density at radius 1 is 1.08 bits per heavy atom. The first-order valence-electron chi connectivity index (χ1n) is 12.2. The van der Waals surface area contributed by atoms with E-state index in [1.807, 2.05) is 73.7 Å². The van der Waals surface area contributed by atoms with Gasteiger partial charge in [0.05, 0.1) is 29.3 Å². The van der Waals surface area contributed by atoms with Crippen LogP contribution >= 0.6 is 11.8 Å². The summed E-state index contributed by atoms with van der Waals surface area (Å²) in [5.74, 6) is 1.07. The molecule has 0 aromatic heterocycles. The number of nitrogens with zero attached hydrogens (tertiary/aromatic N) is 3. The van der Waals surface area contributed by atoms with Gasteiger partial charge in [-0.2, -0.15) is 5.26 Å². The highest BCUT2D eigenvalue weighted by Crippen LogP contribution is 2.36. The van der Waals surface area contributed by atoms with Crippen molar-refractivity contribution in [1.29, 1.82) is 5.26 Å². The molecule has 7 heteroatoms. The van der Waals surface area contributed by atoms with Crippen molar-refractivity contribution in [3.05, 3.63) is 93.9 Å². The van der Waals surface area contributed by atoms with E-state index in [9.17, 15) is 10.1 Å². The van der Waals surface area contributed by atoms with Crippen molar-refractivity contribution in [2.75, 3.05) is 13.7 Å². The van der Waals surface area contributed by atoms with Gasteiger partial charge in [0.2, 0.25) is 0 Å². The van der Waals surface area contributed by atoms with Crippen molar-refractivity contribution in [1.82, 2.24) is 4.90 Å². The molecule has 1 aliphatic rings. The summed E-state index contributed by atoms with van der Waals surface area (Å²) in [5, 5.41) is 10.0. The zero-order chi connectivity index (χ0) is 26.2. The zero-order valence-corrected chi connectivity index (χ0v) is 22.0. The van der Waals surface area contributed by atoms with Gasteiger partial charge in [-0.05, 0) is 67.1 Å². The molecule has 3 aromatic carbocycles. The molecule has 188 valence electrons. The molecule has 1 fully saturated rings. The summed E-state index contributed by atoms with van der Waals surface area (Å²) in [6.07, 6.45) is 3.75. The van der Waals surface area contributed by atoms with E-state index in [0.717, 1.165) is 35.2 Å². The van der Waals surface area contributed by atoms with Crippen LogP contribution in [0.25, 0.3) is 6.08 Å². The number of hydrogen-bond donors (Lipinski definition) is 0. The Morgan fingerprint density at radius 2 is 1.86 bits per heavy atom. The summed E-state index contributed by atoms with van der Waals surface area (Å²) in [6.45, 7) is 5.02. The molecule has 1 heterocycles. The van der Waals surface area contributed by atoms with E-state index in [1.54, 1.807) is 18.1 Å². The van der Waals surface area contributed by atoms with Gasteiger partial charge >= 0.3 is 0 Å². The smallest absolute Gasteiger partial charge is 0.266 e. The number of carbonyl (C=O) groups is 1. The third-order valence-electron chi connectivity index (χ3n) is 5.89. The minimum absolute atomic E-state index is 0.0447. The zero-order valence-electron chi connectivity index (χ0n) is 21.2. The summed E-state index contributed by atoms with van der Waals surface area (Å²) < 4.78 is 11.5. The average molecular weight is 512 g/mol. The number of aliphatic imine (C=N–C) groups is 1. The van der Waals surface area contributed by atoms with Crippen LogP contribution in [-0.2, 0) is 11.4 Å². The number of hydrogen-bond acceptors (Lipinski definition) is 6. The molecule has 0 aliphatic carbocycles. The lowest BCUT2D eigenvalue weighted by Gasteiger charge is -2.14. The Bertz CT molecular complexity index is 1370. The highest BCUT2D eigenvalue weighted by atomic mass is 32.2. The molecule has 0 bridgehead atoms. The lowest BCUT2D eigenvalue weighted by atomic mass is 10.1. The summed E-state index contributed by atoms with van der Waals surface area (Å²) in [7, 11) is 1.58. The SMILES string of the molecule is CCCCN1C(=O)/C(=C\c2ccc(OCc3ccccc3C#N)c(OC)c2)SC1=Nc1ccc(C)cc1. The highest BCUT2D eigenvalue weighted by molar-refractivity contribution is 8.18. The van der Waals surface area contributed by atoms with Crippen molar-refractivity contribution >= 4 is 34.6 Å². The lowest BCUT2D eigenvalue weighted by Crippen LogP contribution is -2.30. The van der Waals surface area contributed by atoms with Gasteiger partial charge < -0.3 is 9.47 Å². The molecular weight excluding hydrogens is 482 g/mol. The van der Waals surface area contributed by atoms with E-state index >= 15 is 0 Å². The van der Waals surface area contributed by atoms with Crippen molar-refractivity contribution in [2.24, 2.45) is 4.99 Å². The second-order valence-electron chi connectivity index (χ2n) is 8.62. The predicted molar refractivity (Wildman–Crippen MR) is 149 cm³/mol. The number of thioether (sulfide) groups is 1. The largest absolute Gasteiger partial charge is 0.493 e. The van der Waals surface area contributed by atoms with E-state index in [0.29, 0.717) is 33.7 Å². The Labute approximate surface area is 222 Å². The van der Waals surface area contributed by atoms with E-state index in [1.165, 1.54) is 11.8 Å². The van der Waals surface area contributed by atoms with Crippen molar-refractivity contribution in [3.8, 4) is 17.6 Å². The Kier molecular flexibility index (Phi) is 8.65. The van der Waals surface area contributed by atoms with Gasteiger partial charge in [-0.1, -0.05) is 55.3 Å². The minimum atomic E-state index is -0.0447. The van der Waals surface area contributed by atoms with E-state index in [4.69, 9.17) is 14.5 Å². The predicted octanol–water partition coefficient (Wildman–Crippen LogP) is 6.86. The van der Waals surface area contributed by atoms with Crippen LogP contribution in [0.3, 0.4) is 0 Å². The summed E-state index contributed by atoms with van der Waals surface area (Å²) in [4.78, 5) is 20.4. The second-order valence-corrected chi connectivity index (χ2v) is 9.63. The number of benzene rings is 3. The van der Waals surface area contributed by atoms with Gasteiger partial charge in [0.25, 0.3) is 5.91 Å². The number of carbonyl (C=O) groups excluding carboxylic acids is 1. The van der Waals surface area contributed by atoms with E-state index < -0.39 is 0 Å². The van der Waals surface area contributed by atoms with Crippen LogP contribution in [0.5, 0.6) is 11.5 Å². The molecule has 3 aromatic rings. The van der Waals surface area contributed by atoms with Gasteiger partial charge in [-0.25, -0.2) is 4.99 Å². The number of unbranched alkanes of at least 4 members (excludes halogenated alkanes) is 1. The molecule has 0 radical (unpaired) electrons. The number of aryl methyl sites for hydroxylation is 1. The molecule has 4 rings (SSSR count). The van der Waals surface area contributed by atoms with Crippen LogP contribution in [0.1, 0.15) is 42.0 Å². The van der Waals surface area contributed by atoms with Gasteiger partial charge in [0.1, 0.15) is 6.61 Å². The molecule has 0 unspecified atom stereocenters. The molecule has 1 aliphatic heterocycles. The molecule has 6 nitrogen and oxygen atoms in total. The summed E-state index contributed by atoms with van der Waals surface area (Å²) in [5.41, 5.74) is 4.20. The topological polar surface area (TPSA) is 74.9 Å². The normalized spacial score (nSPS) is 15.3. The Balaban J connectivity index is 1.56. The minimum Gasteiger partial charge on any atom is -0.493 e. The van der Waals surface area contributed by atoms with Gasteiger partial charge in [0.15, 0.2) is 16.7 Å². The Hall–Kier alpha value is -4.02. The molecule has 1 saturated heterocycles. The van der Waals surface area contributed by atoms with Crippen LogP contribution in [0.2, 0.25) is 0 Å². The number of methoxy groups -OCH3 is 1.